The maximum Gasteiger partial charge on any atom is 0.0549 e. The minimum Gasteiger partial charge on any atom is -0.309 e. The largest absolute Gasteiger partial charge is 0.309 e. The maximum absolute atomic E-state index is 2.58. The number of hydrogen-bond donors (Lipinski definition) is 0. The zero-order valence-electron chi connectivity index (χ0n) is 33.0. The highest BCUT2D eigenvalue weighted by atomic mass is 15.1. The van der Waals surface area contributed by atoms with Gasteiger partial charge in [-0.25, -0.2) is 0 Å². The number of anilines is 3. The monoisotopic (exact) mass is 719 g/mol. The van der Waals surface area contributed by atoms with Crippen LogP contribution in [-0.2, 0) is 16.2 Å². The molecule has 11 rings (SSSR count). The average molecular weight is 720 g/mol. The van der Waals surface area contributed by atoms with Gasteiger partial charge in [-0.1, -0.05) is 181 Å². The SMILES string of the molecule is CC1(C)c2ccccc2-c2c(N(c3ccc(-c4cccc5c4C(C)(C)c4ccccc4-5)cc3)c3cc4ccccc4c4c3-c3ccccc3C4(C)C)cccc21. The van der Waals surface area contributed by atoms with Crippen molar-refractivity contribution in [3.63, 3.8) is 0 Å². The molecule has 0 saturated heterocycles. The standard InChI is InChI=1S/C55H45N/c1-53(2)44-25-13-10-20-41(44)49-46(53)27-16-28-47(49)56(48-33-35-17-7-8-18-38(35)52-50(48)42-21-11-14-26-45(42)55(52,5)6)36-31-29-34(30-32-36)37-22-15-23-40-39-19-9-12-24-43(39)54(3,4)51(37)40/h7-33H,1-6H3. The third-order valence-corrected chi connectivity index (χ3v) is 13.6. The molecular weight excluding hydrogens is 675 g/mol. The van der Waals surface area contributed by atoms with Crippen LogP contribution in [0.4, 0.5) is 17.1 Å². The summed E-state index contributed by atoms with van der Waals surface area (Å²) in [6, 6.07) is 61.8. The normalized spacial score (nSPS) is 15.8. The van der Waals surface area contributed by atoms with E-state index in [0.717, 1.165) is 5.69 Å². The van der Waals surface area contributed by atoms with Crippen molar-refractivity contribution in [1.82, 2.24) is 0 Å². The van der Waals surface area contributed by atoms with Gasteiger partial charge in [0.15, 0.2) is 0 Å². The maximum atomic E-state index is 2.58. The molecule has 0 atom stereocenters. The minimum atomic E-state index is -0.164. The number of rotatable bonds is 4. The first-order chi connectivity index (χ1) is 27.1. The molecule has 0 aromatic heterocycles. The molecule has 56 heavy (non-hydrogen) atoms. The van der Waals surface area contributed by atoms with E-state index in [2.05, 4.69) is 210 Å². The van der Waals surface area contributed by atoms with Crippen LogP contribution in [0.5, 0.6) is 0 Å². The van der Waals surface area contributed by atoms with Gasteiger partial charge in [0.1, 0.15) is 0 Å². The highest BCUT2D eigenvalue weighted by Gasteiger charge is 2.42. The fourth-order valence-electron chi connectivity index (χ4n) is 11.0. The van der Waals surface area contributed by atoms with Gasteiger partial charge in [0.05, 0.1) is 11.4 Å². The second kappa shape index (κ2) is 11.4. The molecular formula is C55H45N. The molecule has 0 spiro atoms. The summed E-state index contributed by atoms with van der Waals surface area (Å²) in [7, 11) is 0. The molecule has 0 saturated carbocycles. The minimum absolute atomic E-state index is 0.0934. The van der Waals surface area contributed by atoms with E-state index < -0.39 is 0 Å². The van der Waals surface area contributed by atoms with E-state index in [1.807, 2.05) is 0 Å². The predicted molar refractivity (Wildman–Crippen MR) is 237 cm³/mol. The van der Waals surface area contributed by atoms with Crippen LogP contribution in [0.1, 0.15) is 74.9 Å². The Labute approximate surface area is 330 Å². The van der Waals surface area contributed by atoms with Crippen LogP contribution in [-0.4, -0.2) is 0 Å². The summed E-state index contributed by atoms with van der Waals surface area (Å²) in [6.07, 6.45) is 0. The van der Waals surface area contributed by atoms with Crippen molar-refractivity contribution in [3.05, 3.63) is 197 Å². The summed E-state index contributed by atoms with van der Waals surface area (Å²) in [5, 5.41) is 2.59. The van der Waals surface area contributed by atoms with Gasteiger partial charge in [-0.2, -0.15) is 0 Å². The summed E-state index contributed by atoms with van der Waals surface area (Å²) >= 11 is 0. The first kappa shape index (κ1) is 33.2. The molecule has 3 aliphatic rings. The molecule has 0 bridgehead atoms. The molecule has 0 amide bonds. The van der Waals surface area contributed by atoms with E-state index in [4.69, 9.17) is 0 Å². The molecule has 0 fully saturated rings. The van der Waals surface area contributed by atoms with E-state index >= 15 is 0 Å². The topological polar surface area (TPSA) is 3.24 Å². The van der Waals surface area contributed by atoms with Crippen molar-refractivity contribution >= 4 is 27.8 Å². The Hall–Kier alpha value is -6.18. The second-order valence-electron chi connectivity index (χ2n) is 17.7. The van der Waals surface area contributed by atoms with Crippen molar-refractivity contribution in [3.8, 4) is 44.5 Å². The highest BCUT2D eigenvalue weighted by molar-refractivity contribution is 6.07. The predicted octanol–water partition coefficient (Wildman–Crippen LogP) is 14.9. The van der Waals surface area contributed by atoms with Crippen molar-refractivity contribution in [2.24, 2.45) is 0 Å². The molecule has 270 valence electrons. The summed E-state index contributed by atoms with van der Waals surface area (Å²) in [5.41, 5.74) is 22.1. The van der Waals surface area contributed by atoms with Gasteiger partial charge in [0.2, 0.25) is 0 Å². The average Bonchev–Trinajstić information content (AvgIpc) is 3.72. The molecule has 1 heteroatoms. The van der Waals surface area contributed by atoms with Crippen LogP contribution in [0.15, 0.2) is 164 Å². The van der Waals surface area contributed by atoms with E-state index in [0.29, 0.717) is 0 Å². The van der Waals surface area contributed by atoms with Crippen LogP contribution >= 0.6 is 0 Å². The molecule has 1 nitrogen and oxygen atoms in total. The van der Waals surface area contributed by atoms with E-state index in [1.165, 1.54) is 100 Å². The van der Waals surface area contributed by atoms with Gasteiger partial charge in [-0.15, -0.1) is 0 Å². The van der Waals surface area contributed by atoms with Gasteiger partial charge in [-0.3, -0.25) is 0 Å². The molecule has 0 N–H and O–H groups in total. The zero-order valence-corrected chi connectivity index (χ0v) is 33.0. The second-order valence-corrected chi connectivity index (χ2v) is 17.7. The molecule has 3 aliphatic carbocycles. The number of benzene rings is 8. The smallest absolute Gasteiger partial charge is 0.0549 e. The van der Waals surface area contributed by atoms with Crippen molar-refractivity contribution < 1.29 is 0 Å². The number of hydrogen-bond acceptors (Lipinski definition) is 1. The summed E-state index contributed by atoms with van der Waals surface area (Å²) < 4.78 is 0. The first-order valence-electron chi connectivity index (χ1n) is 20.1. The lowest BCUT2D eigenvalue weighted by Gasteiger charge is -2.32. The fourth-order valence-corrected chi connectivity index (χ4v) is 11.0. The van der Waals surface area contributed by atoms with Crippen LogP contribution in [0.25, 0.3) is 55.3 Å². The fraction of sp³-hybridized carbons (Fsp3) is 0.164. The van der Waals surface area contributed by atoms with Crippen LogP contribution < -0.4 is 4.90 Å². The van der Waals surface area contributed by atoms with E-state index in [9.17, 15) is 0 Å². The van der Waals surface area contributed by atoms with Crippen molar-refractivity contribution in [2.75, 3.05) is 4.90 Å². The van der Waals surface area contributed by atoms with Crippen LogP contribution in [0.2, 0.25) is 0 Å². The molecule has 8 aromatic carbocycles. The Morgan fingerprint density at radius 1 is 0.357 bits per heavy atom. The molecule has 0 radical (unpaired) electrons. The molecule has 0 heterocycles. The lowest BCUT2D eigenvalue weighted by molar-refractivity contribution is 0.660. The molecule has 0 aliphatic heterocycles. The number of fused-ring (bicyclic) bond motifs is 11. The number of nitrogens with zero attached hydrogens (tertiary/aromatic N) is 1. The molecule has 8 aromatic rings. The quantitative estimate of drug-likeness (QED) is 0.175. The third-order valence-electron chi connectivity index (χ3n) is 13.6. The lowest BCUT2D eigenvalue weighted by Crippen LogP contribution is -2.18. The zero-order chi connectivity index (χ0) is 38.1. The van der Waals surface area contributed by atoms with Crippen molar-refractivity contribution in [2.45, 2.75) is 57.8 Å². The molecule has 0 unspecified atom stereocenters. The Morgan fingerprint density at radius 3 is 1.61 bits per heavy atom. The summed E-state index contributed by atoms with van der Waals surface area (Å²) in [6.45, 7) is 14.3. The van der Waals surface area contributed by atoms with Gasteiger partial charge in [0, 0.05) is 33.1 Å². The van der Waals surface area contributed by atoms with Gasteiger partial charge in [-0.05, 0) is 102 Å². The lowest BCUT2D eigenvalue weighted by atomic mass is 9.79. The Bertz CT molecular complexity index is 2940. The van der Waals surface area contributed by atoms with Crippen LogP contribution in [0.3, 0.4) is 0 Å². The van der Waals surface area contributed by atoms with Gasteiger partial charge < -0.3 is 4.90 Å². The van der Waals surface area contributed by atoms with Gasteiger partial charge in [0.25, 0.3) is 0 Å². The summed E-state index contributed by atoms with van der Waals surface area (Å²) in [5.74, 6) is 0. The first-order valence-corrected chi connectivity index (χ1v) is 20.1. The Kier molecular flexibility index (Phi) is 6.77. The van der Waals surface area contributed by atoms with Crippen LogP contribution in [0, 0.1) is 0 Å². The van der Waals surface area contributed by atoms with Crippen molar-refractivity contribution in [1.29, 1.82) is 0 Å². The third kappa shape index (κ3) is 4.32. The van der Waals surface area contributed by atoms with E-state index in [-0.39, 0.29) is 16.2 Å². The Balaban J connectivity index is 1.18. The highest BCUT2D eigenvalue weighted by Crippen LogP contribution is 2.60. The van der Waals surface area contributed by atoms with Gasteiger partial charge >= 0.3 is 0 Å². The Morgan fingerprint density at radius 2 is 0.875 bits per heavy atom. The van der Waals surface area contributed by atoms with E-state index in [1.54, 1.807) is 0 Å². The summed E-state index contributed by atoms with van der Waals surface area (Å²) in [4.78, 5) is 2.58.